The van der Waals surface area contributed by atoms with Crippen molar-refractivity contribution in [2.24, 2.45) is 5.73 Å². The Hall–Kier alpha value is -2.09. The minimum atomic E-state index is -4.46. The molecule has 8 heteroatoms. The summed E-state index contributed by atoms with van der Waals surface area (Å²) in [6.45, 7) is 0.0224. The number of carbonyl (C=O) groups excluding carboxylic acids is 1. The normalized spacial score (nSPS) is 13.4. The van der Waals surface area contributed by atoms with Gasteiger partial charge >= 0.3 is 6.18 Å². The van der Waals surface area contributed by atoms with Gasteiger partial charge in [0.05, 0.1) is 18.2 Å². The van der Waals surface area contributed by atoms with E-state index in [1.165, 1.54) is 19.2 Å². The average Bonchev–Trinajstić information content (AvgIpc) is 2.60. The highest BCUT2D eigenvalue weighted by molar-refractivity contribution is 5.85. The van der Waals surface area contributed by atoms with Gasteiger partial charge in [-0.25, -0.2) is 0 Å². The Morgan fingerprint density at radius 2 is 1.73 bits per heavy atom. The van der Waals surface area contributed by atoms with Gasteiger partial charge in [-0.2, -0.15) is 13.2 Å². The van der Waals surface area contributed by atoms with Crippen LogP contribution in [0.5, 0.6) is 0 Å². The van der Waals surface area contributed by atoms with Crippen molar-refractivity contribution >= 4 is 18.3 Å². The smallest absolute Gasteiger partial charge is 0.382 e. The number of hydrogen-bond acceptors (Lipinski definition) is 3. The molecule has 2 atom stereocenters. The third kappa shape index (κ3) is 5.72. The zero-order valence-corrected chi connectivity index (χ0v) is 14.8. The third-order valence-electron chi connectivity index (χ3n) is 3.71. The van der Waals surface area contributed by atoms with Crippen LogP contribution in [0.4, 0.5) is 13.2 Å². The van der Waals surface area contributed by atoms with E-state index in [0.717, 1.165) is 12.1 Å². The predicted molar refractivity (Wildman–Crippen MR) is 94.8 cm³/mol. The summed E-state index contributed by atoms with van der Waals surface area (Å²) in [4.78, 5) is 12.4. The number of alkyl halides is 3. The SMILES string of the molecule is COCC(NC(=O)C(N)c1ccccc1)c1cccc(C(F)(F)F)c1.Cl. The summed E-state index contributed by atoms with van der Waals surface area (Å²) in [6, 6.07) is 11.8. The van der Waals surface area contributed by atoms with E-state index in [-0.39, 0.29) is 19.0 Å². The van der Waals surface area contributed by atoms with Gasteiger partial charge in [-0.05, 0) is 23.3 Å². The van der Waals surface area contributed by atoms with E-state index in [4.69, 9.17) is 10.5 Å². The Morgan fingerprint density at radius 3 is 2.31 bits per heavy atom. The summed E-state index contributed by atoms with van der Waals surface area (Å²) in [7, 11) is 1.41. The quantitative estimate of drug-likeness (QED) is 0.794. The van der Waals surface area contributed by atoms with E-state index in [0.29, 0.717) is 11.1 Å². The van der Waals surface area contributed by atoms with Gasteiger partial charge in [0, 0.05) is 7.11 Å². The Bertz CT molecular complexity index is 711. The van der Waals surface area contributed by atoms with Crippen LogP contribution in [-0.4, -0.2) is 19.6 Å². The molecule has 0 fully saturated rings. The lowest BCUT2D eigenvalue weighted by Gasteiger charge is -2.22. The molecule has 0 bridgehead atoms. The second kappa shape index (κ2) is 9.56. The molecule has 2 aromatic carbocycles. The van der Waals surface area contributed by atoms with Crippen molar-refractivity contribution in [3.8, 4) is 0 Å². The summed E-state index contributed by atoms with van der Waals surface area (Å²) in [5.74, 6) is -0.495. The van der Waals surface area contributed by atoms with E-state index >= 15 is 0 Å². The molecule has 0 saturated heterocycles. The van der Waals surface area contributed by atoms with Gasteiger partial charge in [0.1, 0.15) is 6.04 Å². The Morgan fingerprint density at radius 1 is 1.12 bits per heavy atom. The highest BCUT2D eigenvalue weighted by Gasteiger charge is 2.31. The summed E-state index contributed by atoms with van der Waals surface area (Å²) >= 11 is 0. The highest BCUT2D eigenvalue weighted by Crippen LogP contribution is 2.31. The van der Waals surface area contributed by atoms with Crippen LogP contribution in [0.2, 0.25) is 0 Å². The van der Waals surface area contributed by atoms with E-state index in [9.17, 15) is 18.0 Å². The molecule has 0 spiro atoms. The van der Waals surface area contributed by atoms with E-state index in [2.05, 4.69) is 5.32 Å². The number of carbonyl (C=O) groups is 1. The Labute approximate surface area is 155 Å². The van der Waals surface area contributed by atoms with Crippen molar-refractivity contribution < 1.29 is 22.7 Å². The number of rotatable bonds is 6. The van der Waals surface area contributed by atoms with Crippen molar-refractivity contribution in [1.82, 2.24) is 5.32 Å². The molecule has 26 heavy (non-hydrogen) atoms. The fourth-order valence-corrected chi connectivity index (χ4v) is 2.39. The van der Waals surface area contributed by atoms with Crippen LogP contribution >= 0.6 is 12.4 Å². The van der Waals surface area contributed by atoms with E-state index < -0.39 is 29.7 Å². The van der Waals surface area contributed by atoms with Crippen LogP contribution in [-0.2, 0) is 15.7 Å². The maximum atomic E-state index is 12.9. The number of nitrogens with two attached hydrogens (primary N) is 1. The number of methoxy groups -OCH3 is 1. The molecular formula is C18H20ClF3N2O2. The van der Waals surface area contributed by atoms with Gasteiger partial charge in [0.2, 0.25) is 5.91 Å². The highest BCUT2D eigenvalue weighted by atomic mass is 35.5. The molecule has 0 heterocycles. The molecule has 0 aliphatic rings. The van der Waals surface area contributed by atoms with Gasteiger partial charge in [-0.1, -0.05) is 42.5 Å². The summed E-state index contributed by atoms with van der Waals surface area (Å²) < 4.78 is 43.7. The lowest BCUT2D eigenvalue weighted by molar-refractivity contribution is -0.137. The van der Waals surface area contributed by atoms with Crippen molar-refractivity contribution in [2.75, 3.05) is 13.7 Å². The number of ether oxygens (including phenoxy) is 1. The third-order valence-corrected chi connectivity index (χ3v) is 3.71. The molecule has 0 aliphatic heterocycles. The molecule has 3 N–H and O–H groups in total. The fourth-order valence-electron chi connectivity index (χ4n) is 2.39. The van der Waals surface area contributed by atoms with Crippen molar-refractivity contribution in [2.45, 2.75) is 18.3 Å². The summed E-state index contributed by atoms with van der Waals surface area (Å²) in [5.41, 5.74) is 6.05. The Kier molecular flexibility index (Phi) is 8.08. The zero-order valence-electron chi connectivity index (χ0n) is 14.0. The lowest BCUT2D eigenvalue weighted by atomic mass is 10.0. The average molecular weight is 389 g/mol. The van der Waals surface area contributed by atoms with E-state index in [1.54, 1.807) is 30.3 Å². The maximum Gasteiger partial charge on any atom is 0.416 e. The molecule has 2 rings (SSSR count). The van der Waals surface area contributed by atoms with Crippen molar-refractivity contribution in [1.29, 1.82) is 0 Å². The van der Waals surface area contributed by atoms with E-state index in [1.807, 2.05) is 0 Å². The second-order valence-electron chi connectivity index (χ2n) is 5.53. The number of amides is 1. The monoisotopic (exact) mass is 388 g/mol. The number of hydrogen-bond donors (Lipinski definition) is 2. The number of nitrogens with one attached hydrogen (secondary N) is 1. The molecule has 142 valence electrons. The van der Waals surface area contributed by atoms with Crippen LogP contribution in [0.3, 0.4) is 0 Å². The standard InChI is InChI=1S/C18H19F3N2O2.ClH/c1-25-11-15(13-8-5-9-14(10-13)18(19,20)21)23-17(24)16(22)12-6-3-2-4-7-12;/h2-10,15-16H,11,22H2,1H3,(H,23,24);1H. The van der Waals surface area contributed by atoms with Gasteiger partial charge in [0.25, 0.3) is 0 Å². The van der Waals surface area contributed by atoms with Crippen LogP contribution in [0.15, 0.2) is 54.6 Å². The first-order valence-corrected chi connectivity index (χ1v) is 7.60. The van der Waals surface area contributed by atoms with Crippen LogP contribution in [0, 0.1) is 0 Å². The van der Waals surface area contributed by atoms with Gasteiger partial charge in [-0.15, -0.1) is 12.4 Å². The summed E-state index contributed by atoms with van der Waals surface area (Å²) in [5, 5.41) is 2.65. The second-order valence-corrected chi connectivity index (χ2v) is 5.53. The van der Waals surface area contributed by atoms with Crippen molar-refractivity contribution in [3.05, 3.63) is 71.3 Å². The largest absolute Gasteiger partial charge is 0.416 e. The molecule has 0 saturated carbocycles. The van der Waals surface area contributed by atoms with Crippen LogP contribution in [0.25, 0.3) is 0 Å². The first-order valence-electron chi connectivity index (χ1n) is 7.60. The van der Waals surface area contributed by atoms with Gasteiger partial charge in [-0.3, -0.25) is 4.79 Å². The first kappa shape index (κ1) is 22.0. The molecular weight excluding hydrogens is 369 g/mol. The van der Waals surface area contributed by atoms with Crippen LogP contribution < -0.4 is 11.1 Å². The van der Waals surface area contributed by atoms with Gasteiger partial charge in [0.15, 0.2) is 0 Å². The van der Waals surface area contributed by atoms with Crippen LogP contribution in [0.1, 0.15) is 28.8 Å². The van der Waals surface area contributed by atoms with Gasteiger partial charge < -0.3 is 15.8 Å². The first-order chi connectivity index (χ1) is 11.8. The Balaban J connectivity index is 0.00000338. The lowest BCUT2D eigenvalue weighted by Crippen LogP contribution is -2.38. The molecule has 0 aromatic heterocycles. The molecule has 2 aromatic rings. The molecule has 0 radical (unpaired) electrons. The summed E-state index contributed by atoms with van der Waals surface area (Å²) in [6.07, 6.45) is -4.46. The topological polar surface area (TPSA) is 64.3 Å². The molecule has 1 amide bonds. The fraction of sp³-hybridized carbons (Fsp3) is 0.278. The number of benzene rings is 2. The maximum absolute atomic E-state index is 12.9. The minimum Gasteiger partial charge on any atom is -0.382 e. The zero-order chi connectivity index (χ0) is 18.4. The minimum absolute atomic E-state index is 0. The molecule has 0 aliphatic carbocycles. The molecule has 4 nitrogen and oxygen atoms in total. The van der Waals surface area contributed by atoms with Crippen molar-refractivity contribution in [3.63, 3.8) is 0 Å². The molecule has 2 unspecified atom stereocenters. The number of halogens is 4. The predicted octanol–water partition coefficient (Wildman–Crippen LogP) is 3.63.